The van der Waals surface area contributed by atoms with Gasteiger partial charge in [-0.3, -0.25) is 9.52 Å². The number of imidazole rings is 1. The molecule has 0 spiro atoms. The number of sulfonamides is 1. The van der Waals surface area contributed by atoms with Gasteiger partial charge in [0.05, 0.1) is 35.4 Å². The van der Waals surface area contributed by atoms with Gasteiger partial charge in [-0.05, 0) is 56.0 Å². The summed E-state index contributed by atoms with van der Waals surface area (Å²) in [5.74, 6) is 0.643. The number of halogens is 1. The van der Waals surface area contributed by atoms with Gasteiger partial charge in [0.25, 0.3) is 5.91 Å². The van der Waals surface area contributed by atoms with Gasteiger partial charge < -0.3 is 9.80 Å². The van der Waals surface area contributed by atoms with Crippen molar-refractivity contribution in [3.05, 3.63) is 52.8 Å². The zero-order valence-electron chi connectivity index (χ0n) is 20.2. The molecule has 2 saturated heterocycles. The molecule has 0 aliphatic carbocycles. The molecule has 1 atom stereocenters. The van der Waals surface area contributed by atoms with Crippen molar-refractivity contribution < 1.29 is 13.2 Å². The number of nitrogens with one attached hydrogen (secondary N) is 1. The molecule has 1 N–H and O–H groups in total. The van der Waals surface area contributed by atoms with E-state index in [0.717, 1.165) is 55.8 Å². The maximum atomic E-state index is 13.6. The van der Waals surface area contributed by atoms with Crippen LogP contribution in [0.5, 0.6) is 0 Å². The molecule has 1 amide bonds. The summed E-state index contributed by atoms with van der Waals surface area (Å²) >= 11 is 6.16. The highest BCUT2D eigenvalue weighted by Crippen LogP contribution is 2.34. The quantitative estimate of drug-likeness (QED) is 0.538. The third-order valence-electron chi connectivity index (χ3n) is 6.12. The van der Waals surface area contributed by atoms with Crippen molar-refractivity contribution in [1.29, 1.82) is 0 Å². The van der Waals surface area contributed by atoms with E-state index < -0.39 is 10.0 Å². The Morgan fingerprint density at radius 2 is 1.86 bits per heavy atom. The summed E-state index contributed by atoms with van der Waals surface area (Å²) in [4.78, 5) is 22.4. The van der Waals surface area contributed by atoms with Crippen molar-refractivity contribution in [1.82, 2.24) is 19.5 Å². The molecular weight excluding hydrogens is 488 g/mol. The van der Waals surface area contributed by atoms with Gasteiger partial charge in [-0.2, -0.15) is 0 Å². The van der Waals surface area contributed by atoms with E-state index in [4.69, 9.17) is 16.6 Å². The van der Waals surface area contributed by atoms with Crippen LogP contribution in [0.25, 0.3) is 5.65 Å². The second kappa shape index (κ2) is 10.4. The fraction of sp³-hybridized carbons (Fsp3) is 0.458. The molecule has 1 unspecified atom stereocenters. The lowest BCUT2D eigenvalue weighted by molar-refractivity contribution is 0.0607. The number of anilines is 2. The highest BCUT2D eigenvalue weighted by Gasteiger charge is 2.32. The number of rotatable bonds is 5. The first-order valence-corrected chi connectivity index (χ1v) is 14.2. The lowest BCUT2D eigenvalue weighted by Crippen LogP contribution is -2.39. The molecule has 0 saturated carbocycles. The summed E-state index contributed by atoms with van der Waals surface area (Å²) in [5.41, 5.74) is 1.94. The first-order valence-electron chi connectivity index (χ1n) is 12.0. The lowest BCUT2D eigenvalue weighted by Gasteiger charge is -2.35. The van der Waals surface area contributed by atoms with Gasteiger partial charge in [0.2, 0.25) is 10.0 Å². The summed E-state index contributed by atoms with van der Waals surface area (Å²) < 4.78 is 27.9. The number of benzene rings is 1. The molecule has 4 heterocycles. The van der Waals surface area contributed by atoms with Crippen LogP contribution in [0.2, 0.25) is 5.02 Å². The zero-order chi connectivity index (χ0) is 25.2. The summed E-state index contributed by atoms with van der Waals surface area (Å²) in [6.07, 6.45) is 6.72. The third-order valence-corrected chi connectivity index (χ3v) is 6.94. The minimum Gasteiger partial charge on any atom is -0.355 e. The minimum absolute atomic E-state index is 0.215. The molecule has 0 bridgehead atoms. The molecule has 2 aromatic heterocycles. The van der Waals surface area contributed by atoms with Crippen LogP contribution in [-0.4, -0.2) is 59.7 Å². The number of amides is 1. The Morgan fingerprint density at radius 3 is 2.54 bits per heavy atom. The van der Waals surface area contributed by atoms with Gasteiger partial charge in [0, 0.05) is 24.7 Å². The number of nitrogens with zero attached hydrogens (tertiary/aromatic N) is 5. The molecule has 2 aliphatic rings. The Balaban J connectivity index is 0.00000141. The Labute approximate surface area is 211 Å². The Kier molecular flexibility index (Phi) is 7.51. The molecule has 11 heteroatoms. The van der Waals surface area contributed by atoms with E-state index >= 15 is 0 Å². The second-order valence-electron chi connectivity index (χ2n) is 8.57. The first kappa shape index (κ1) is 25.2. The van der Waals surface area contributed by atoms with E-state index in [1.165, 1.54) is 18.6 Å². The molecule has 3 aromatic rings. The van der Waals surface area contributed by atoms with Crippen molar-refractivity contribution in [3.63, 3.8) is 0 Å². The third kappa shape index (κ3) is 5.54. The van der Waals surface area contributed by atoms with Crippen molar-refractivity contribution in [2.45, 2.75) is 45.6 Å². The van der Waals surface area contributed by atoms with Crippen molar-refractivity contribution in [2.75, 3.05) is 35.5 Å². The van der Waals surface area contributed by atoms with Crippen LogP contribution in [0, 0.1) is 0 Å². The number of carbonyl (C=O) groups excluding carboxylic acids is 1. The topological polar surface area (TPSA) is 99.9 Å². The van der Waals surface area contributed by atoms with Crippen molar-refractivity contribution in [2.24, 2.45) is 0 Å². The van der Waals surface area contributed by atoms with Crippen LogP contribution < -0.4 is 9.62 Å². The number of likely N-dealkylation sites (tertiary alicyclic amines) is 1. The van der Waals surface area contributed by atoms with Crippen molar-refractivity contribution >= 4 is 44.7 Å². The number of aromatic nitrogens is 3. The van der Waals surface area contributed by atoms with Crippen LogP contribution in [0.1, 0.15) is 61.6 Å². The minimum atomic E-state index is -3.56. The molecular formula is C24H31ClN6O3S. The standard InChI is InChI=1S/C22H25ClN6O3S.C2H6/c1-33(31,32)26-17-7-6-15(23)13-16(17)22(30)28-12-3-2-5-19(28)18-14-29-20(24-18)8-9-21(25-29)27-10-4-11-27;1-2/h6-9,13-14,19,26H,2-5,10-12H2,1H3;1-2H3. The van der Waals surface area contributed by atoms with Gasteiger partial charge in [-0.15, -0.1) is 5.10 Å². The number of piperidine rings is 1. The second-order valence-corrected chi connectivity index (χ2v) is 10.8. The molecule has 188 valence electrons. The van der Waals surface area contributed by atoms with Crippen LogP contribution in [0.4, 0.5) is 11.5 Å². The molecule has 5 rings (SSSR count). The highest BCUT2D eigenvalue weighted by atomic mass is 35.5. The predicted octanol–water partition coefficient (Wildman–Crippen LogP) is 4.36. The van der Waals surface area contributed by atoms with Crippen LogP contribution in [0.15, 0.2) is 36.5 Å². The van der Waals surface area contributed by atoms with E-state index in [1.807, 2.05) is 32.2 Å². The Hall–Kier alpha value is -2.85. The van der Waals surface area contributed by atoms with Gasteiger partial charge in [-0.25, -0.2) is 17.9 Å². The smallest absolute Gasteiger partial charge is 0.256 e. The van der Waals surface area contributed by atoms with E-state index in [1.54, 1.807) is 15.5 Å². The van der Waals surface area contributed by atoms with Crippen LogP contribution in [-0.2, 0) is 10.0 Å². The molecule has 1 aromatic carbocycles. The van der Waals surface area contributed by atoms with Gasteiger partial charge >= 0.3 is 0 Å². The predicted molar refractivity (Wildman–Crippen MR) is 139 cm³/mol. The van der Waals surface area contributed by atoms with E-state index in [0.29, 0.717) is 11.6 Å². The maximum absolute atomic E-state index is 13.6. The molecule has 2 aliphatic heterocycles. The monoisotopic (exact) mass is 518 g/mol. The fourth-order valence-corrected chi connectivity index (χ4v) is 5.13. The summed E-state index contributed by atoms with van der Waals surface area (Å²) in [7, 11) is -3.56. The van der Waals surface area contributed by atoms with Gasteiger partial charge in [-0.1, -0.05) is 25.4 Å². The number of carbonyl (C=O) groups is 1. The largest absolute Gasteiger partial charge is 0.355 e. The average Bonchev–Trinajstić information content (AvgIpc) is 3.22. The van der Waals surface area contributed by atoms with Gasteiger partial charge in [0.15, 0.2) is 5.65 Å². The number of fused-ring (bicyclic) bond motifs is 1. The maximum Gasteiger partial charge on any atom is 0.256 e. The Morgan fingerprint density at radius 1 is 1.09 bits per heavy atom. The number of hydrogen-bond acceptors (Lipinski definition) is 6. The zero-order valence-corrected chi connectivity index (χ0v) is 21.8. The SMILES string of the molecule is CC.CS(=O)(=O)Nc1ccc(Cl)cc1C(=O)N1CCCCC1c1cn2nc(N3CCC3)ccc2n1. The molecule has 9 nitrogen and oxygen atoms in total. The summed E-state index contributed by atoms with van der Waals surface area (Å²) in [5, 5.41) is 5.05. The van der Waals surface area contributed by atoms with E-state index in [9.17, 15) is 13.2 Å². The first-order chi connectivity index (χ1) is 16.8. The molecule has 0 radical (unpaired) electrons. The average molecular weight is 519 g/mol. The van der Waals surface area contributed by atoms with Crippen LogP contribution in [0.3, 0.4) is 0 Å². The Bertz CT molecular complexity index is 1320. The highest BCUT2D eigenvalue weighted by molar-refractivity contribution is 7.92. The molecule has 35 heavy (non-hydrogen) atoms. The fourth-order valence-electron chi connectivity index (χ4n) is 4.38. The van der Waals surface area contributed by atoms with E-state index in [2.05, 4.69) is 14.7 Å². The molecule has 2 fully saturated rings. The summed E-state index contributed by atoms with van der Waals surface area (Å²) in [6, 6.07) is 8.28. The lowest BCUT2D eigenvalue weighted by atomic mass is 9.98. The van der Waals surface area contributed by atoms with Gasteiger partial charge in [0.1, 0.15) is 5.82 Å². The normalized spacial score (nSPS) is 18.0. The summed E-state index contributed by atoms with van der Waals surface area (Å²) in [6.45, 7) is 6.57. The number of hydrogen-bond donors (Lipinski definition) is 1. The van der Waals surface area contributed by atoms with Crippen LogP contribution >= 0.6 is 11.6 Å². The van der Waals surface area contributed by atoms with E-state index in [-0.39, 0.29) is 23.2 Å². The van der Waals surface area contributed by atoms with Crippen molar-refractivity contribution in [3.8, 4) is 0 Å².